The van der Waals surface area contributed by atoms with E-state index in [9.17, 15) is 14.4 Å². The number of hydrogen-bond acceptors (Lipinski definition) is 7. The second-order valence-electron chi connectivity index (χ2n) is 7.20. The summed E-state index contributed by atoms with van der Waals surface area (Å²) in [5.74, 6) is 0.00494. The van der Waals surface area contributed by atoms with Gasteiger partial charge >= 0.3 is 5.69 Å². The van der Waals surface area contributed by atoms with Gasteiger partial charge in [0, 0.05) is 31.5 Å². The standard InChI is InChI=1S/C21H19N3O3S3/c1-12(2)11-24-20-15(19(26)23(3)21(24)27)17(29-14-7-5-9-28-14)18(30-20)16(25)13-6-4-8-22-10-13/h4-10,12H,11H2,1-3H3. The van der Waals surface area contributed by atoms with Crippen LogP contribution in [0.25, 0.3) is 10.2 Å². The van der Waals surface area contributed by atoms with E-state index in [1.165, 1.54) is 36.3 Å². The highest BCUT2D eigenvalue weighted by Crippen LogP contribution is 2.42. The highest BCUT2D eigenvalue weighted by molar-refractivity contribution is 8.01. The van der Waals surface area contributed by atoms with Crippen LogP contribution in [-0.4, -0.2) is 19.9 Å². The van der Waals surface area contributed by atoms with Crippen LogP contribution in [0.1, 0.15) is 29.1 Å². The van der Waals surface area contributed by atoms with Crippen molar-refractivity contribution in [3.63, 3.8) is 0 Å². The van der Waals surface area contributed by atoms with Gasteiger partial charge in [0.25, 0.3) is 5.56 Å². The van der Waals surface area contributed by atoms with E-state index in [1.807, 2.05) is 31.4 Å². The first-order chi connectivity index (χ1) is 14.4. The van der Waals surface area contributed by atoms with Crippen molar-refractivity contribution in [3.05, 3.63) is 73.3 Å². The predicted molar refractivity (Wildman–Crippen MR) is 122 cm³/mol. The molecule has 0 aliphatic carbocycles. The van der Waals surface area contributed by atoms with Gasteiger partial charge in [0.05, 0.1) is 19.4 Å². The van der Waals surface area contributed by atoms with E-state index in [0.29, 0.717) is 32.1 Å². The minimum atomic E-state index is -0.379. The van der Waals surface area contributed by atoms with E-state index in [1.54, 1.807) is 34.2 Å². The normalized spacial score (nSPS) is 11.5. The summed E-state index contributed by atoms with van der Waals surface area (Å²) in [6, 6.07) is 7.29. The van der Waals surface area contributed by atoms with Gasteiger partial charge in [-0.1, -0.05) is 31.7 Å². The summed E-state index contributed by atoms with van der Waals surface area (Å²) in [6.07, 6.45) is 3.13. The van der Waals surface area contributed by atoms with Crippen molar-refractivity contribution < 1.29 is 4.79 Å². The van der Waals surface area contributed by atoms with Gasteiger partial charge in [-0.05, 0) is 29.5 Å². The quantitative estimate of drug-likeness (QED) is 0.405. The van der Waals surface area contributed by atoms with Crippen molar-refractivity contribution in [1.29, 1.82) is 0 Å². The lowest BCUT2D eigenvalue weighted by atomic mass is 10.1. The maximum absolute atomic E-state index is 13.3. The molecule has 0 aliphatic rings. The van der Waals surface area contributed by atoms with Gasteiger partial charge in [0.1, 0.15) is 4.83 Å². The topological polar surface area (TPSA) is 74.0 Å². The number of thiophene rings is 2. The molecule has 0 aliphatic heterocycles. The van der Waals surface area contributed by atoms with Crippen molar-refractivity contribution in [2.24, 2.45) is 13.0 Å². The zero-order valence-corrected chi connectivity index (χ0v) is 19.1. The molecule has 0 unspecified atom stereocenters. The van der Waals surface area contributed by atoms with Crippen LogP contribution in [0.3, 0.4) is 0 Å². The molecule has 30 heavy (non-hydrogen) atoms. The molecular weight excluding hydrogens is 438 g/mol. The molecule has 0 aromatic carbocycles. The molecule has 4 rings (SSSR count). The number of aromatic nitrogens is 3. The van der Waals surface area contributed by atoms with Crippen LogP contribution < -0.4 is 11.2 Å². The first-order valence-electron chi connectivity index (χ1n) is 9.31. The highest BCUT2D eigenvalue weighted by Gasteiger charge is 2.26. The lowest BCUT2D eigenvalue weighted by molar-refractivity contribution is 0.104. The first kappa shape index (κ1) is 20.8. The number of nitrogens with zero attached hydrogens (tertiary/aromatic N) is 3. The number of pyridine rings is 1. The maximum Gasteiger partial charge on any atom is 0.331 e. The third-order valence-electron chi connectivity index (χ3n) is 4.50. The molecule has 0 spiro atoms. The van der Waals surface area contributed by atoms with Crippen LogP contribution in [0.15, 0.2) is 60.7 Å². The van der Waals surface area contributed by atoms with Gasteiger partial charge < -0.3 is 0 Å². The van der Waals surface area contributed by atoms with E-state index in [0.717, 1.165) is 8.78 Å². The molecule has 0 atom stereocenters. The summed E-state index contributed by atoms with van der Waals surface area (Å²) in [7, 11) is 1.49. The molecule has 9 heteroatoms. The number of fused-ring (bicyclic) bond motifs is 1. The molecule has 4 aromatic rings. The fourth-order valence-corrected chi connectivity index (χ4v) is 6.47. The third kappa shape index (κ3) is 3.68. The Morgan fingerprint density at radius 1 is 1.23 bits per heavy atom. The molecule has 0 saturated carbocycles. The molecule has 154 valence electrons. The smallest absolute Gasteiger partial charge is 0.288 e. The van der Waals surface area contributed by atoms with E-state index >= 15 is 0 Å². The molecule has 0 N–H and O–H groups in total. The molecule has 0 radical (unpaired) electrons. The largest absolute Gasteiger partial charge is 0.331 e. The number of carbonyl (C=O) groups is 1. The van der Waals surface area contributed by atoms with Crippen molar-refractivity contribution >= 4 is 50.4 Å². The summed E-state index contributed by atoms with van der Waals surface area (Å²) >= 11 is 4.15. The minimum Gasteiger partial charge on any atom is -0.288 e. The van der Waals surface area contributed by atoms with E-state index in [2.05, 4.69) is 4.98 Å². The van der Waals surface area contributed by atoms with Crippen LogP contribution in [-0.2, 0) is 13.6 Å². The van der Waals surface area contributed by atoms with Gasteiger partial charge in [-0.2, -0.15) is 0 Å². The lowest BCUT2D eigenvalue weighted by Gasteiger charge is -2.11. The average Bonchev–Trinajstić information content (AvgIpc) is 3.38. The Morgan fingerprint density at radius 3 is 2.67 bits per heavy atom. The first-order valence-corrected chi connectivity index (χ1v) is 11.8. The van der Waals surface area contributed by atoms with Crippen LogP contribution >= 0.6 is 34.4 Å². The molecule has 4 heterocycles. The molecule has 0 fully saturated rings. The van der Waals surface area contributed by atoms with Gasteiger partial charge in [-0.25, -0.2) is 4.79 Å². The van der Waals surface area contributed by atoms with Crippen LogP contribution in [0, 0.1) is 5.92 Å². The zero-order valence-electron chi connectivity index (χ0n) is 16.6. The number of ketones is 1. The van der Waals surface area contributed by atoms with E-state index < -0.39 is 0 Å². The van der Waals surface area contributed by atoms with Gasteiger partial charge in [0.15, 0.2) is 0 Å². The molecular formula is C21H19N3O3S3. The second kappa shape index (κ2) is 8.33. The molecule has 0 saturated heterocycles. The fraction of sp³-hybridized carbons (Fsp3) is 0.238. The minimum absolute atomic E-state index is 0.200. The Bertz CT molecular complexity index is 1330. The number of hydrogen-bond donors (Lipinski definition) is 0. The fourth-order valence-electron chi connectivity index (χ4n) is 3.13. The Labute approximate surface area is 184 Å². The summed E-state index contributed by atoms with van der Waals surface area (Å²) in [5, 5.41) is 2.38. The van der Waals surface area contributed by atoms with Crippen molar-refractivity contribution in [3.8, 4) is 0 Å². The summed E-state index contributed by atoms with van der Waals surface area (Å²) in [4.78, 5) is 45.0. The monoisotopic (exact) mass is 457 g/mol. The van der Waals surface area contributed by atoms with Crippen molar-refractivity contribution in [2.45, 2.75) is 29.5 Å². The maximum atomic E-state index is 13.3. The Balaban J connectivity index is 2.05. The molecule has 4 aromatic heterocycles. The van der Waals surface area contributed by atoms with E-state index in [4.69, 9.17) is 0 Å². The summed E-state index contributed by atoms with van der Waals surface area (Å²) in [5.41, 5.74) is -0.294. The third-order valence-corrected chi connectivity index (χ3v) is 7.99. The van der Waals surface area contributed by atoms with Gasteiger partial charge in [0.2, 0.25) is 5.78 Å². The number of carbonyl (C=O) groups excluding carboxylic acids is 1. The Hall–Kier alpha value is -2.49. The lowest BCUT2D eigenvalue weighted by Crippen LogP contribution is -2.38. The van der Waals surface area contributed by atoms with Crippen LogP contribution in [0.4, 0.5) is 0 Å². The number of rotatable bonds is 6. The van der Waals surface area contributed by atoms with Crippen LogP contribution in [0.5, 0.6) is 0 Å². The van der Waals surface area contributed by atoms with Crippen LogP contribution in [0.2, 0.25) is 0 Å². The Kier molecular flexibility index (Phi) is 5.77. The van der Waals surface area contributed by atoms with E-state index in [-0.39, 0.29) is 23.0 Å². The molecule has 0 bridgehead atoms. The molecule has 6 nitrogen and oxygen atoms in total. The Morgan fingerprint density at radius 2 is 2.03 bits per heavy atom. The predicted octanol–water partition coefficient (Wildman–Crippen LogP) is 4.26. The van der Waals surface area contributed by atoms with Gasteiger partial charge in [-0.3, -0.25) is 23.7 Å². The zero-order chi connectivity index (χ0) is 21.4. The molecule has 0 amide bonds. The summed E-state index contributed by atoms with van der Waals surface area (Å²) < 4.78 is 3.72. The summed E-state index contributed by atoms with van der Waals surface area (Å²) in [6.45, 7) is 4.49. The van der Waals surface area contributed by atoms with Gasteiger partial charge in [-0.15, -0.1) is 22.7 Å². The SMILES string of the molecule is CC(C)Cn1c(=O)n(C)c(=O)c2c(Sc3cccs3)c(C(=O)c3cccnc3)sc21. The average molecular weight is 458 g/mol. The van der Waals surface area contributed by atoms with Crippen molar-refractivity contribution in [1.82, 2.24) is 14.1 Å². The second-order valence-corrected chi connectivity index (χ2v) is 10.5. The highest BCUT2D eigenvalue weighted by atomic mass is 32.2. The van der Waals surface area contributed by atoms with Crippen molar-refractivity contribution in [2.75, 3.05) is 0 Å².